The minimum absolute atomic E-state index is 0.188. The molecule has 17 heavy (non-hydrogen) atoms. The first-order chi connectivity index (χ1) is 7.84. The molecule has 0 aromatic heterocycles. The molecule has 0 fully saturated rings. The van der Waals surface area contributed by atoms with Gasteiger partial charge in [-0.3, -0.25) is 11.3 Å². The summed E-state index contributed by atoms with van der Waals surface area (Å²) in [6.07, 6.45) is -4.30. The van der Waals surface area contributed by atoms with E-state index in [1.807, 2.05) is 19.0 Å². The van der Waals surface area contributed by atoms with Gasteiger partial charge in [-0.1, -0.05) is 12.1 Å². The molecular weight excluding hydrogens is 231 g/mol. The minimum atomic E-state index is -4.30. The van der Waals surface area contributed by atoms with Gasteiger partial charge in [-0.15, -0.1) is 0 Å². The fourth-order valence-electron chi connectivity index (χ4n) is 1.52. The molecule has 0 radical (unpaired) electrons. The summed E-state index contributed by atoms with van der Waals surface area (Å²) in [7, 11) is 3.74. The zero-order valence-corrected chi connectivity index (χ0v) is 9.75. The van der Waals surface area contributed by atoms with Crippen molar-refractivity contribution in [2.45, 2.75) is 12.2 Å². The fraction of sp³-hybridized carbons (Fsp3) is 0.455. The van der Waals surface area contributed by atoms with Gasteiger partial charge in [0, 0.05) is 6.54 Å². The van der Waals surface area contributed by atoms with Crippen LogP contribution in [0.3, 0.4) is 0 Å². The van der Waals surface area contributed by atoms with E-state index in [2.05, 4.69) is 5.43 Å². The lowest BCUT2D eigenvalue weighted by Gasteiger charge is -2.21. The highest BCUT2D eigenvalue weighted by molar-refractivity contribution is 5.26. The predicted molar refractivity (Wildman–Crippen MR) is 60.1 cm³/mol. The van der Waals surface area contributed by atoms with Crippen LogP contribution < -0.4 is 11.3 Å². The first-order valence-corrected chi connectivity index (χ1v) is 5.12. The van der Waals surface area contributed by atoms with Crippen molar-refractivity contribution in [1.82, 2.24) is 10.3 Å². The maximum atomic E-state index is 12.4. The first-order valence-electron chi connectivity index (χ1n) is 5.12. The Hall–Kier alpha value is -1.11. The number of rotatable bonds is 4. The molecule has 0 aliphatic rings. The number of nitrogens with zero attached hydrogens (tertiary/aromatic N) is 1. The zero-order valence-electron chi connectivity index (χ0n) is 9.75. The topological polar surface area (TPSA) is 41.3 Å². The third kappa shape index (κ3) is 3.99. The molecule has 3 N–H and O–H groups in total. The van der Waals surface area contributed by atoms with Crippen LogP contribution in [0, 0.1) is 0 Å². The molecule has 1 atom stereocenters. The fourth-order valence-corrected chi connectivity index (χ4v) is 1.52. The Morgan fingerprint density at radius 2 is 1.76 bits per heavy atom. The monoisotopic (exact) mass is 247 g/mol. The SMILES string of the molecule is CN(C)CC(NN)c1ccc(C(F)(F)F)cc1. The Morgan fingerprint density at radius 3 is 2.12 bits per heavy atom. The molecule has 0 saturated heterocycles. The quantitative estimate of drug-likeness (QED) is 0.629. The molecule has 0 heterocycles. The molecule has 6 heteroatoms. The van der Waals surface area contributed by atoms with Crippen molar-refractivity contribution in [3.63, 3.8) is 0 Å². The van der Waals surface area contributed by atoms with Crippen LogP contribution in [0.2, 0.25) is 0 Å². The average molecular weight is 247 g/mol. The number of hydrazine groups is 1. The van der Waals surface area contributed by atoms with Gasteiger partial charge in [0.2, 0.25) is 0 Å². The highest BCUT2D eigenvalue weighted by Crippen LogP contribution is 2.29. The van der Waals surface area contributed by atoms with Crippen molar-refractivity contribution in [2.75, 3.05) is 20.6 Å². The Labute approximate surface area is 98.4 Å². The van der Waals surface area contributed by atoms with E-state index in [4.69, 9.17) is 5.84 Å². The van der Waals surface area contributed by atoms with Gasteiger partial charge in [-0.05, 0) is 31.8 Å². The number of halogens is 3. The number of benzene rings is 1. The van der Waals surface area contributed by atoms with Crippen molar-refractivity contribution in [3.05, 3.63) is 35.4 Å². The van der Waals surface area contributed by atoms with Crippen LogP contribution in [0.5, 0.6) is 0 Å². The Balaban J connectivity index is 2.85. The molecule has 0 amide bonds. The number of nitrogens with two attached hydrogens (primary N) is 1. The zero-order chi connectivity index (χ0) is 13.1. The van der Waals surface area contributed by atoms with Gasteiger partial charge in [-0.2, -0.15) is 13.2 Å². The Morgan fingerprint density at radius 1 is 1.24 bits per heavy atom. The predicted octanol–water partition coefficient (Wildman–Crippen LogP) is 1.77. The molecule has 0 spiro atoms. The highest BCUT2D eigenvalue weighted by Gasteiger charge is 2.30. The van der Waals surface area contributed by atoms with E-state index in [1.54, 1.807) is 0 Å². The molecule has 0 bridgehead atoms. The number of alkyl halides is 3. The maximum Gasteiger partial charge on any atom is 0.416 e. The van der Waals surface area contributed by atoms with Crippen LogP contribution in [-0.4, -0.2) is 25.5 Å². The summed E-state index contributed by atoms with van der Waals surface area (Å²) < 4.78 is 37.1. The van der Waals surface area contributed by atoms with Crippen LogP contribution in [0.1, 0.15) is 17.2 Å². The van der Waals surface area contributed by atoms with Crippen LogP contribution in [-0.2, 0) is 6.18 Å². The first kappa shape index (κ1) is 14.0. The molecule has 1 unspecified atom stereocenters. The van der Waals surface area contributed by atoms with Crippen molar-refractivity contribution in [1.29, 1.82) is 0 Å². The second-order valence-corrected chi connectivity index (χ2v) is 4.10. The smallest absolute Gasteiger partial charge is 0.307 e. The largest absolute Gasteiger partial charge is 0.416 e. The van der Waals surface area contributed by atoms with E-state index < -0.39 is 11.7 Å². The molecular formula is C11H16F3N3. The number of nitrogens with one attached hydrogen (secondary N) is 1. The standard InChI is InChI=1S/C11H16F3N3/c1-17(2)7-10(16-15)8-3-5-9(6-4-8)11(12,13)14/h3-6,10,16H,7,15H2,1-2H3. The lowest BCUT2D eigenvalue weighted by atomic mass is 10.0. The van der Waals surface area contributed by atoms with Crippen LogP contribution in [0.15, 0.2) is 24.3 Å². The van der Waals surface area contributed by atoms with E-state index in [1.165, 1.54) is 12.1 Å². The number of hydrogen-bond donors (Lipinski definition) is 2. The van der Waals surface area contributed by atoms with Gasteiger partial charge in [0.1, 0.15) is 0 Å². The van der Waals surface area contributed by atoms with E-state index >= 15 is 0 Å². The third-order valence-corrected chi connectivity index (χ3v) is 2.39. The molecule has 3 nitrogen and oxygen atoms in total. The Kier molecular flexibility index (Phi) is 4.50. The molecule has 0 aliphatic carbocycles. The van der Waals surface area contributed by atoms with E-state index in [0.717, 1.165) is 17.7 Å². The van der Waals surface area contributed by atoms with Crippen LogP contribution in [0.4, 0.5) is 13.2 Å². The number of hydrogen-bond acceptors (Lipinski definition) is 3. The highest BCUT2D eigenvalue weighted by atomic mass is 19.4. The summed E-state index contributed by atoms with van der Waals surface area (Å²) in [5.41, 5.74) is 2.66. The van der Waals surface area contributed by atoms with Crippen molar-refractivity contribution in [2.24, 2.45) is 5.84 Å². The van der Waals surface area contributed by atoms with Crippen LogP contribution >= 0.6 is 0 Å². The normalized spacial score (nSPS) is 14.1. The third-order valence-electron chi connectivity index (χ3n) is 2.39. The van der Waals surface area contributed by atoms with Gasteiger partial charge < -0.3 is 4.90 Å². The summed E-state index contributed by atoms with van der Waals surface area (Å²) in [5, 5.41) is 0. The van der Waals surface area contributed by atoms with Gasteiger partial charge in [-0.25, -0.2) is 0 Å². The molecule has 1 aromatic rings. The molecule has 0 aliphatic heterocycles. The lowest BCUT2D eigenvalue weighted by molar-refractivity contribution is -0.137. The maximum absolute atomic E-state index is 12.4. The van der Waals surface area contributed by atoms with Crippen molar-refractivity contribution >= 4 is 0 Å². The second kappa shape index (κ2) is 5.48. The van der Waals surface area contributed by atoms with Gasteiger partial charge in [0.05, 0.1) is 11.6 Å². The van der Waals surface area contributed by atoms with Crippen LogP contribution in [0.25, 0.3) is 0 Å². The van der Waals surface area contributed by atoms with Crippen molar-refractivity contribution < 1.29 is 13.2 Å². The summed E-state index contributed by atoms with van der Waals surface area (Å²) in [4.78, 5) is 1.90. The van der Waals surface area contributed by atoms with Gasteiger partial charge in [0.25, 0.3) is 0 Å². The van der Waals surface area contributed by atoms with Gasteiger partial charge in [0.15, 0.2) is 0 Å². The summed E-state index contributed by atoms with van der Waals surface area (Å²) >= 11 is 0. The second-order valence-electron chi connectivity index (χ2n) is 4.10. The van der Waals surface area contributed by atoms with E-state index in [9.17, 15) is 13.2 Å². The molecule has 1 rings (SSSR count). The van der Waals surface area contributed by atoms with E-state index in [-0.39, 0.29) is 6.04 Å². The summed E-state index contributed by atoms with van der Waals surface area (Å²) in [6.45, 7) is 0.613. The molecule has 96 valence electrons. The number of likely N-dealkylation sites (N-methyl/N-ethyl adjacent to an activating group) is 1. The summed E-state index contributed by atoms with van der Waals surface area (Å²) in [5.74, 6) is 5.38. The van der Waals surface area contributed by atoms with E-state index in [0.29, 0.717) is 6.54 Å². The lowest BCUT2D eigenvalue weighted by Crippen LogP contribution is -2.35. The molecule has 1 aromatic carbocycles. The molecule has 0 saturated carbocycles. The minimum Gasteiger partial charge on any atom is -0.307 e. The average Bonchev–Trinajstić information content (AvgIpc) is 2.24. The van der Waals surface area contributed by atoms with Gasteiger partial charge >= 0.3 is 6.18 Å². The van der Waals surface area contributed by atoms with Crippen molar-refractivity contribution in [3.8, 4) is 0 Å². The Bertz CT molecular complexity index is 346. The summed E-state index contributed by atoms with van der Waals surface area (Å²) in [6, 6.07) is 4.82.